The minimum atomic E-state index is -0.809. The van der Waals surface area contributed by atoms with Crippen LogP contribution in [0.4, 0.5) is 0 Å². The normalized spacial score (nSPS) is 30.1. The molecule has 88 valence electrons. The van der Waals surface area contributed by atoms with E-state index in [1.54, 1.807) is 6.92 Å². The summed E-state index contributed by atoms with van der Waals surface area (Å²) >= 11 is 0. The fourth-order valence-corrected chi connectivity index (χ4v) is 1.90. The molecule has 2 N–H and O–H groups in total. The minimum Gasteiger partial charge on any atom is -0.481 e. The van der Waals surface area contributed by atoms with E-state index in [0.717, 1.165) is 19.3 Å². The van der Waals surface area contributed by atoms with Crippen molar-refractivity contribution in [3.63, 3.8) is 0 Å². The summed E-state index contributed by atoms with van der Waals surface area (Å²) < 4.78 is 5.62. The summed E-state index contributed by atoms with van der Waals surface area (Å²) in [6.45, 7) is 3.60. The summed E-state index contributed by atoms with van der Waals surface area (Å²) in [5, 5.41) is 18.3. The van der Waals surface area contributed by atoms with E-state index in [-0.39, 0.29) is 18.3 Å². The van der Waals surface area contributed by atoms with E-state index in [0.29, 0.717) is 6.42 Å². The molecule has 1 fully saturated rings. The zero-order chi connectivity index (χ0) is 11.4. The highest BCUT2D eigenvalue weighted by Gasteiger charge is 2.33. The van der Waals surface area contributed by atoms with Gasteiger partial charge in [-0.25, -0.2) is 0 Å². The van der Waals surface area contributed by atoms with Crippen LogP contribution in [0.25, 0.3) is 0 Å². The second-order valence-electron chi connectivity index (χ2n) is 4.30. The Bertz CT molecular complexity index is 217. The van der Waals surface area contributed by atoms with Gasteiger partial charge in [-0.3, -0.25) is 4.79 Å². The molecule has 1 aliphatic heterocycles. The first-order valence-electron chi connectivity index (χ1n) is 5.61. The molecule has 0 unspecified atom stereocenters. The van der Waals surface area contributed by atoms with Crippen LogP contribution in [-0.4, -0.2) is 34.5 Å². The van der Waals surface area contributed by atoms with E-state index in [2.05, 4.69) is 0 Å². The Morgan fingerprint density at radius 2 is 2.20 bits per heavy atom. The number of carbonyl (C=O) groups is 1. The highest BCUT2D eigenvalue weighted by Crippen LogP contribution is 2.28. The minimum absolute atomic E-state index is 0.0340. The lowest BCUT2D eigenvalue weighted by molar-refractivity contribution is -0.146. The van der Waals surface area contributed by atoms with Gasteiger partial charge in [0.05, 0.1) is 24.2 Å². The summed E-state index contributed by atoms with van der Waals surface area (Å²) in [7, 11) is 0. The predicted octanol–water partition coefficient (Wildman–Crippen LogP) is 1.42. The van der Waals surface area contributed by atoms with Gasteiger partial charge in [-0.1, -0.05) is 6.92 Å². The third-order valence-corrected chi connectivity index (χ3v) is 3.09. The molecule has 0 amide bonds. The fraction of sp³-hybridized carbons (Fsp3) is 0.909. The van der Waals surface area contributed by atoms with Gasteiger partial charge >= 0.3 is 5.97 Å². The maximum absolute atomic E-state index is 10.7. The Morgan fingerprint density at radius 1 is 1.53 bits per heavy atom. The largest absolute Gasteiger partial charge is 0.481 e. The first kappa shape index (κ1) is 12.5. The van der Waals surface area contributed by atoms with E-state index in [1.165, 1.54) is 0 Å². The van der Waals surface area contributed by atoms with Gasteiger partial charge in [0, 0.05) is 0 Å². The van der Waals surface area contributed by atoms with Gasteiger partial charge in [-0.2, -0.15) is 0 Å². The molecule has 1 heterocycles. The Morgan fingerprint density at radius 3 is 2.73 bits per heavy atom. The summed E-state index contributed by atoms with van der Waals surface area (Å²) in [5.74, 6) is -1.26. The molecular formula is C11H20O4. The maximum atomic E-state index is 10.7. The fourth-order valence-electron chi connectivity index (χ4n) is 1.90. The molecule has 1 aliphatic rings. The van der Waals surface area contributed by atoms with Crippen molar-refractivity contribution in [1.82, 2.24) is 0 Å². The molecule has 0 aromatic carbocycles. The van der Waals surface area contributed by atoms with E-state index < -0.39 is 11.9 Å². The van der Waals surface area contributed by atoms with Gasteiger partial charge in [-0.15, -0.1) is 0 Å². The smallest absolute Gasteiger partial charge is 0.308 e. The van der Waals surface area contributed by atoms with E-state index in [1.807, 2.05) is 6.92 Å². The molecule has 4 heteroatoms. The van der Waals surface area contributed by atoms with Crippen LogP contribution >= 0.6 is 0 Å². The zero-order valence-corrected chi connectivity index (χ0v) is 9.35. The van der Waals surface area contributed by atoms with Crippen LogP contribution in [0.3, 0.4) is 0 Å². The molecule has 0 aromatic rings. The Hall–Kier alpha value is -0.610. The molecule has 4 atom stereocenters. The Kier molecular flexibility index (Phi) is 4.54. The number of aliphatic carboxylic acids is 1. The lowest BCUT2D eigenvalue weighted by Crippen LogP contribution is -2.26. The van der Waals surface area contributed by atoms with Crippen molar-refractivity contribution >= 4 is 5.97 Å². The highest BCUT2D eigenvalue weighted by molar-refractivity contribution is 5.70. The number of carboxylic acid groups (broad SMARTS) is 1. The van der Waals surface area contributed by atoms with E-state index >= 15 is 0 Å². The Balaban J connectivity index is 2.35. The molecular weight excluding hydrogens is 196 g/mol. The van der Waals surface area contributed by atoms with Crippen LogP contribution in [0.2, 0.25) is 0 Å². The number of hydrogen-bond acceptors (Lipinski definition) is 3. The van der Waals surface area contributed by atoms with Gasteiger partial charge in [0.25, 0.3) is 0 Å². The summed E-state index contributed by atoms with van der Waals surface area (Å²) in [5.41, 5.74) is 0. The standard InChI is InChI=1S/C11H20O4/c1-3-8(12)6-9-4-5-10(15-9)7(2)11(13)14/h7-10,12H,3-6H2,1-2H3,(H,13,14)/t7-,8+,9+,10-/m0/s1. The first-order valence-corrected chi connectivity index (χ1v) is 5.61. The van der Waals surface area contributed by atoms with Crippen LogP contribution < -0.4 is 0 Å². The quantitative estimate of drug-likeness (QED) is 0.729. The molecule has 0 radical (unpaired) electrons. The SMILES string of the molecule is CC[C@@H](O)C[C@H]1CC[C@@H]([C@H](C)C(=O)O)O1. The third kappa shape index (κ3) is 3.47. The second kappa shape index (κ2) is 5.47. The van der Waals surface area contributed by atoms with Crippen LogP contribution in [0.5, 0.6) is 0 Å². The lowest BCUT2D eigenvalue weighted by Gasteiger charge is -2.18. The first-order chi connectivity index (χ1) is 7.04. The van der Waals surface area contributed by atoms with Crippen molar-refractivity contribution in [3.8, 4) is 0 Å². The lowest BCUT2D eigenvalue weighted by atomic mass is 10.0. The maximum Gasteiger partial charge on any atom is 0.308 e. The second-order valence-corrected chi connectivity index (χ2v) is 4.30. The number of hydrogen-bond donors (Lipinski definition) is 2. The molecule has 1 saturated heterocycles. The van der Waals surface area contributed by atoms with Crippen LogP contribution in [0.1, 0.15) is 39.5 Å². The topological polar surface area (TPSA) is 66.8 Å². The van der Waals surface area contributed by atoms with E-state index in [4.69, 9.17) is 9.84 Å². The van der Waals surface area contributed by atoms with Gasteiger partial charge < -0.3 is 14.9 Å². The number of aliphatic hydroxyl groups excluding tert-OH is 1. The predicted molar refractivity (Wildman–Crippen MR) is 55.6 cm³/mol. The van der Waals surface area contributed by atoms with E-state index in [9.17, 15) is 9.90 Å². The average molecular weight is 216 g/mol. The summed E-state index contributed by atoms with van der Waals surface area (Å²) in [4.78, 5) is 10.7. The van der Waals surface area contributed by atoms with Crippen molar-refractivity contribution in [2.45, 2.75) is 57.8 Å². The molecule has 15 heavy (non-hydrogen) atoms. The van der Waals surface area contributed by atoms with Gasteiger partial charge in [0.2, 0.25) is 0 Å². The zero-order valence-electron chi connectivity index (χ0n) is 9.35. The molecule has 0 spiro atoms. The number of rotatable bonds is 5. The molecule has 0 aliphatic carbocycles. The van der Waals surface area contributed by atoms with Crippen LogP contribution in [-0.2, 0) is 9.53 Å². The average Bonchev–Trinajstić information content (AvgIpc) is 2.64. The molecule has 0 bridgehead atoms. The van der Waals surface area contributed by atoms with Crippen LogP contribution in [0.15, 0.2) is 0 Å². The third-order valence-electron chi connectivity index (χ3n) is 3.09. The number of carboxylic acids is 1. The van der Waals surface area contributed by atoms with Crippen molar-refractivity contribution in [2.75, 3.05) is 0 Å². The van der Waals surface area contributed by atoms with Gasteiger partial charge in [0.1, 0.15) is 0 Å². The van der Waals surface area contributed by atoms with Crippen molar-refractivity contribution < 1.29 is 19.7 Å². The number of ether oxygens (including phenoxy) is 1. The van der Waals surface area contributed by atoms with Gasteiger partial charge in [-0.05, 0) is 32.6 Å². The van der Waals surface area contributed by atoms with Crippen molar-refractivity contribution in [3.05, 3.63) is 0 Å². The Labute approximate surface area is 90.2 Å². The summed E-state index contributed by atoms with van der Waals surface area (Å²) in [6.07, 6.45) is 2.52. The molecule has 1 rings (SSSR count). The highest BCUT2D eigenvalue weighted by atomic mass is 16.5. The van der Waals surface area contributed by atoms with Crippen LogP contribution in [0, 0.1) is 5.92 Å². The molecule has 4 nitrogen and oxygen atoms in total. The van der Waals surface area contributed by atoms with Crippen molar-refractivity contribution in [1.29, 1.82) is 0 Å². The summed E-state index contributed by atoms with van der Waals surface area (Å²) in [6, 6.07) is 0. The molecule has 0 aromatic heterocycles. The van der Waals surface area contributed by atoms with Crippen molar-refractivity contribution in [2.24, 2.45) is 5.92 Å². The number of aliphatic hydroxyl groups is 1. The molecule has 0 saturated carbocycles. The van der Waals surface area contributed by atoms with Gasteiger partial charge in [0.15, 0.2) is 0 Å². The monoisotopic (exact) mass is 216 g/mol.